The molecule has 0 unspecified atom stereocenters. The number of benzene rings is 1. The molecular weight excluding hydrogens is 234 g/mol. The number of aromatic amines is 1. The number of carboxylic acids is 1. The van der Waals surface area contributed by atoms with Crippen molar-refractivity contribution in [2.24, 2.45) is 5.73 Å². The Morgan fingerprint density at radius 3 is 2.28 bits per heavy atom. The lowest BCUT2D eigenvalue weighted by Crippen LogP contribution is -2.13. The van der Waals surface area contributed by atoms with E-state index in [9.17, 15) is 9.59 Å². The van der Waals surface area contributed by atoms with Crippen LogP contribution in [0.5, 0.6) is 0 Å². The number of rotatable bonds is 3. The molecule has 0 aliphatic carbocycles. The van der Waals surface area contributed by atoms with Crippen molar-refractivity contribution in [2.75, 3.05) is 5.73 Å². The van der Waals surface area contributed by atoms with Gasteiger partial charge in [0.05, 0.1) is 5.56 Å². The molecule has 1 heterocycles. The molecule has 0 aliphatic heterocycles. The molecule has 0 radical (unpaired) electrons. The van der Waals surface area contributed by atoms with Crippen molar-refractivity contribution in [3.05, 3.63) is 41.7 Å². The number of nitrogen functional groups attached to an aromatic ring is 1. The van der Waals surface area contributed by atoms with Crippen LogP contribution >= 0.6 is 0 Å². The topological polar surface area (TPSA) is 122 Å². The summed E-state index contributed by atoms with van der Waals surface area (Å²) in [6.45, 7) is 0. The second-order valence-electron chi connectivity index (χ2n) is 3.74. The van der Waals surface area contributed by atoms with E-state index in [0.29, 0.717) is 11.3 Å². The molecule has 0 spiro atoms. The summed E-state index contributed by atoms with van der Waals surface area (Å²) in [4.78, 5) is 25.0. The smallest absolute Gasteiger partial charge is 0.337 e. The number of nitrogens with two attached hydrogens (primary N) is 2. The van der Waals surface area contributed by atoms with Crippen LogP contribution in [0, 0.1) is 0 Å². The summed E-state index contributed by atoms with van der Waals surface area (Å²) < 4.78 is 0. The lowest BCUT2D eigenvalue weighted by Gasteiger charge is -2.04. The van der Waals surface area contributed by atoms with E-state index in [-0.39, 0.29) is 16.8 Å². The largest absolute Gasteiger partial charge is 0.478 e. The summed E-state index contributed by atoms with van der Waals surface area (Å²) in [5.74, 6) is -1.85. The van der Waals surface area contributed by atoms with Crippen LogP contribution in [0.1, 0.15) is 20.8 Å². The van der Waals surface area contributed by atoms with E-state index in [1.54, 1.807) is 24.3 Å². The third-order valence-electron chi connectivity index (χ3n) is 2.56. The first-order valence-electron chi connectivity index (χ1n) is 5.11. The van der Waals surface area contributed by atoms with Gasteiger partial charge in [0.1, 0.15) is 5.69 Å². The second-order valence-corrected chi connectivity index (χ2v) is 3.74. The van der Waals surface area contributed by atoms with E-state index in [1.165, 1.54) is 6.20 Å². The van der Waals surface area contributed by atoms with Gasteiger partial charge in [0.15, 0.2) is 0 Å². The first kappa shape index (κ1) is 11.7. The molecule has 6 nitrogen and oxygen atoms in total. The summed E-state index contributed by atoms with van der Waals surface area (Å²) in [5, 5.41) is 9.08. The van der Waals surface area contributed by atoms with Gasteiger partial charge in [0.25, 0.3) is 5.91 Å². The molecule has 92 valence electrons. The summed E-state index contributed by atoms with van der Waals surface area (Å²) in [6.07, 6.45) is 1.24. The molecule has 1 aromatic carbocycles. The molecule has 0 atom stereocenters. The van der Waals surface area contributed by atoms with Crippen LogP contribution in [0.4, 0.5) is 5.69 Å². The standard InChI is InChI=1S/C12H11N3O3/c13-7-3-1-6(2-4-7)9-8(12(17)18)5-15-10(9)11(14)16/h1-5,15H,13H2,(H2,14,16)(H,17,18). The van der Waals surface area contributed by atoms with E-state index in [4.69, 9.17) is 16.6 Å². The number of anilines is 1. The molecule has 0 saturated heterocycles. The second kappa shape index (κ2) is 4.25. The molecule has 2 aromatic rings. The van der Waals surface area contributed by atoms with Crippen LogP contribution in [-0.2, 0) is 0 Å². The van der Waals surface area contributed by atoms with Crippen LogP contribution in [0.25, 0.3) is 11.1 Å². The van der Waals surface area contributed by atoms with Crippen molar-refractivity contribution < 1.29 is 14.7 Å². The van der Waals surface area contributed by atoms with Gasteiger partial charge >= 0.3 is 5.97 Å². The maximum Gasteiger partial charge on any atom is 0.337 e. The molecule has 0 aliphatic rings. The Balaban J connectivity index is 2.66. The van der Waals surface area contributed by atoms with Crippen LogP contribution < -0.4 is 11.5 Å². The summed E-state index contributed by atoms with van der Waals surface area (Å²) in [6, 6.07) is 6.52. The Bertz CT molecular complexity index is 582. The predicted molar refractivity (Wildman–Crippen MR) is 66.1 cm³/mol. The Labute approximate surface area is 102 Å². The van der Waals surface area contributed by atoms with Gasteiger partial charge in [-0.2, -0.15) is 0 Å². The summed E-state index contributed by atoms with van der Waals surface area (Å²) >= 11 is 0. The van der Waals surface area contributed by atoms with Gasteiger partial charge in [-0.3, -0.25) is 4.79 Å². The SMILES string of the molecule is NC(=O)c1[nH]cc(C(=O)O)c1-c1ccc(N)cc1. The van der Waals surface area contributed by atoms with E-state index in [2.05, 4.69) is 4.98 Å². The number of H-pyrrole nitrogens is 1. The molecule has 0 saturated carbocycles. The Morgan fingerprint density at radius 2 is 1.78 bits per heavy atom. The van der Waals surface area contributed by atoms with E-state index < -0.39 is 11.9 Å². The maximum absolute atomic E-state index is 11.3. The van der Waals surface area contributed by atoms with E-state index in [0.717, 1.165) is 0 Å². The van der Waals surface area contributed by atoms with E-state index in [1.807, 2.05) is 0 Å². The first-order chi connectivity index (χ1) is 8.50. The minimum absolute atomic E-state index is 0.00595. The van der Waals surface area contributed by atoms with Gasteiger partial charge in [0, 0.05) is 17.4 Å². The van der Waals surface area contributed by atoms with E-state index >= 15 is 0 Å². The van der Waals surface area contributed by atoms with Crippen LogP contribution in [0.2, 0.25) is 0 Å². The Hall–Kier alpha value is -2.76. The summed E-state index contributed by atoms with van der Waals surface area (Å²) in [5.41, 5.74) is 12.2. The number of carbonyl (C=O) groups is 2. The van der Waals surface area contributed by atoms with Gasteiger partial charge in [0.2, 0.25) is 0 Å². The summed E-state index contributed by atoms with van der Waals surface area (Å²) in [7, 11) is 0. The van der Waals surface area contributed by atoms with Crippen molar-refractivity contribution in [3.8, 4) is 11.1 Å². The van der Waals surface area contributed by atoms with Crippen LogP contribution in [0.15, 0.2) is 30.5 Å². The highest BCUT2D eigenvalue weighted by molar-refractivity contribution is 6.06. The highest BCUT2D eigenvalue weighted by Gasteiger charge is 2.20. The maximum atomic E-state index is 11.3. The minimum Gasteiger partial charge on any atom is -0.478 e. The number of primary amides is 1. The molecule has 1 amide bonds. The molecule has 1 aromatic heterocycles. The quantitative estimate of drug-likeness (QED) is 0.604. The molecule has 18 heavy (non-hydrogen) atoms. The number of hydrogen-bond donors (Lipinski definition) is 4. The van der Waals surface area contributed by atoms with Gasteiger partial charge < -0.3 is 21.6 Å². The monoisotopic (exact) mass is 245 g/mol. The number of carboxylic acid groups (broad SMARTS) is 1. The molecule has 0 bridgehead atoms. The molecule has 6 N–H and O–H groups in total. The average molecular weight is 245 g/mol. The third-order valence-corrected chi connectivity index (χ3v) is 2.56. The minimum atomic E-state index is -1.13. The fourth-order valence-corrected chi connectivity index (χ4v) is 1.74. The van der Waals surface area contributed by atoms with Crippen molar-refractivity contribution in [1.29, 1.82) is 0 Å². The molecule has 2 rings (SSSR count). The molecular formula is C12H11N3O3. The third kappa shape index (κ3) is 1.91. The predicted octanol–water partition coefficient (Wildman–Crippen LogP) is 1.06. The molecule has 6 heteroatoms. The number of carbonyl (C=O) groups excluding carboxylic acids is 1. The zero-order chi connectivity index (χ0) is 13.3. The van der Waals surface area contributed by atoms with Crippen molar-refractivity contribution in [1.82, 2.24) is 4.98 Å². The number of aromatic carboxylic acids is 1. The molecule has 0 fully saturated rings. The lowest BCUT2D eigenvalue weighted by atomic mass is 10.0. The number of amides is 1. The fraction of sp³-hybridized carbons (Fsp3) is 0. The Kier molecular flexibility index (Phi) is 2.77. The zero-order valence-corrected chi connectivity index (χ0v) is 9.31. The number of hydrogen-bond acceptors (Lipinski definition) is 3. The average Bonchev–Trinajstić information content (AvgIpc) is 2.74. The van der Waals surface area contributed by atoms with Crippen molar-refractivity contribution in [2.45, 2.75) is 0 Å². The van der Waals surface area contributed by atoms with Gasteiger partial charge in [-0.1, -0.05) is 12.1 Å². The highest BCUT2D eigenvalue weighted by Crippen LogP contribution is 2.28. The van der Waals surface area contributed by atoms with Gasteiger partial charge in [-0.15, -0.1) is 0 Å². The zero-order valence-electron chi connectivity index (χ0n) is 9.31. The van der Waals surface area contributed by atoms with Gasteiger partial charge in [-0.05, 0) is 17.7 Å². The normalized spacial score (nSPS) is 10.2. The first-order valence-corrected chi connectivity index (χ1v) is 5.11. The van der Waals surface area contributed by atoms with Crippen molar-refractivity contribution in [3.63, 3.8) is 0 Å². The highest BCUT2D eigenvalue weighted by atomic mass is 16.4. The van der Waals surface area contributed by atoms with Crippen LogP contribution in [-0.4, -0.2) is 22.0 Å². The fourth-order valence-electron chi connectivity index (χ4n) is 1.74. The number of nitrogens with one attached hydrogen (secondary N) is 1. The number of aromatic nitrogens is 1. The van der Waals surface area contributed by atoms with Crippen LogP contribution in [0.3, 0.4) is 0 Å². The Morgan fingerprint density at radius 1 is 1.17 bits per heavy atom. The lowest BCUT2D eigenvalue weighted by molar-refractivity contribution is 0.0698. The van der Waals surface area contributed by atoms with Crippen molar-refractivity contribution >= 4 is 17.6 Å². The van der Waals surface area contributed by atoms with Gasteiger partial charge in [-0.25, -0.2) is 4.79 Å².